The van der Waals surface area contributed by atoms with Gasteiger partial charge in [0.2, 0.25) is 5.91 Å². The summed E-state index contributed by atoms with van der Waals surface area (Å²) in [4.78, 5) is 32.1. The van der Waals surface area contributed by atoms with Crippen molar-refractivity contribution in [2.45, 2.75) is 26.3 Å². The first-order chi connectivity index (χ1) is 11.0. The Morgan fingerprint density at radius 2 is 2.00 bits per heavy atom. The van der Waals surface area contributed by atoms with Crippen molar-refractivity contribution < 1.29 is 9.59 Å². The zero-order valence-electron chi connectivity index (χ0n) is 13.6. The second-order valence-electron chi connectivity index (χ2n) is 5.81. The number of nitrogens with one attached hydrogen (secondary N) is 1. The summed E-state index contributed by atoms with van der Waals surface area (Å²) in [6, 6.07) is 3.50. The van der Waals surface area contributed by atoms with Crippen LogP contribution in [0.4, 0.5) is 0 Å². The second kappa shape index (κ2) is 8.26. The summed E-state index contributed by atoms with van der Waals surface area (Å²) in [5.41, 5.74) is 0.539. The highest BCUT2D eigenvalue weighted by molar-refractivity contribution is 6.29. The third-order valence-electron chi connectivity index (χ3n) is 4.02. The molecule has 1 unspecified atom stereocenters. The minimum Gasteiger partial charge on any atom is -0.353 e. The monoisotopic (exact) mass is 338 g/mol. The molecule has 2 rings (SSSR count). The molecule has 1 aromatic heterocycles. The van der Waals surface area contributed by atoms with Crippen LogP contribution in [0.2, 0.25) is 5.15 Å². The molecule has 1 fully saturated rings. The zero-order valence-corrected chi connectivity index (χ0v) is 14.3. The molecular formula is C16H23ClN4O2. The molecule has 0 radical (unpaired) electrons. The van der Waals surface area contributed by atoms with Crippen LogP contribution in [0.5, 0.6) is 0 Å². The number of carbonyl (C=O) groups is 2. The summed E-state index contributed by atoms with van der Waals surface area (Å²) in [7, 11) is 0. The molecule has 126 valence electrons. The van der Waals surface area contributed by atoms with Crippen LogP contribution in [0.3, 0.4) is 0 Å². The number of nitrogens with zero attached hydrogens (tertiary/aromatic N) is 3. The molecule has 1 atom stereocenters. The Balaban J connectivity index is 1.80. The van der Waals surface area contributed by atoms with Gasteiger partial charge in [-0.15, -0.1) is 0 Å². The molecule has 1 aliphatic heterocycles. The highest BCUT2D eigenvalue weighted by atomic mass is 35.5. The first-order valence-corrected chi connectivity index (χ1v) is 8.30. The van der Waals surface area contributed by atoms with Crippen molar-refractivity contribution in [3.05, 3.63) is 29.0 Å². The SMILES string of the molecule is CCC(C)NC(=O)CN1CCN(C(=O)c2ccc(Cl)nc2)CC1. The van der Waals surface area contributed by atoms with Crippen molar-refractivity contribution in [1.29, 1.82) is 0 Å². The maximum Gasteiger partial charge on any atom is 0.255 e. The van der Waals surface area contributed by atoms with Crippen LogP contribution in [-0.2, 0) is 4.79 Å². The number of rotatable bonds is 5. The van der Waals surface area contributed by atoms with Crippen LogP contribution in [0.15, 0.2) is 18.3 Å². The van der Waals surface area contributed by atoms with Crippen LogP contribution >= 0.6 is 11.6 Å². The Bertz CT molecular complexity index is 542. The fourth-order valence-electron chi connectivity index (χ4n) is 2.42. The molecule has 23 heavy (non-hydrogen) atoms. The topological polar surface area (TPSA) is 65.5 Å². The molecule has 0 saturated carbocycles. The largest absolute Gasteiger partial charge is 0.353 e. The molecule has 0 aliphatic carbocycles. The van der Waals surface area contributed by atoms with Crippen molar-refractivity contribution in [2.75, 3.05) is 32.7 Å². The van der Waals surface area contributed by atoms with Gasteiger partial charge in [-0.25, -0.2) is 4.98 Å². The summed E-state index contributed by atoms with van der Waals surface area (Å²) in [5, 5.41) is 3.33. The summed E-state index contributed by atoms with van der Waals surface area (Å²) in [5.74, 6) is -0.00102. The average Bonchev–Trinajstić information content (AvgIpc) is 2.55. The lowest BCUT2D eigenvalue weighted by Crippen LogP contribution is -2.51. The average molecular weight is 339 g/mol. The van der Waals surface area contributed by atoms with E-state index in [1.165, 1.54) is 6.20 Å². The Labute approximate surface area is 141 Å². The van der Waals surface area contributed by atoms with Crippen LogP contribution < -0.4 is 5.32 Å². The number of hydrogen-bond donors (Lipinski definition) is 1. The first-order valence-electron chi connectivity index (χ1n) is 7.92. The molecule has 7 heteroatoms. The van der Waals surface area contributed by atoms with Crippen molar-refractivity contribution in [3.8, 4) is 0 Å². The number of piperazine rings is 1. The van der Waals surface area contributed by atoms with Gasteiger partial charge in [0.05, 0.1) is 12.1 Å². The lowest BCUT2D eigenvalue weighted by Gasteiger charge is -2.34. The molecule has 1 saturated heterocycles. The first kappa shape index (κ1) is 17.7. The fraction of sp³-hybridized carbons (Fsp3) is 0.562. The molecule has 0 spiro atoms. The molecule has 6 nitrogen and oxygen atoms in total. The van der Waals surface area contributed by atoms with Gasteiger partial charge in [-0.1, -0.05) is 18.5 Å². The van der Waals surface area contributed by atoms with E-state index in [0.29, 0.717) is 43.4 Å². The Morgan fingerprint density at radius 3 is 2.57 bits per heavy atom. The lowest BCUT2D eigenvalue weighted by molar-refractivity contribution is -0.123. The predicted molar refractivity (Wildman–Crippen MR) is 89.5 cm³/mol. The minimum atomic E-state index is -0.0436. The lowest BCUT2D eigenvalue weighted by atomic mass is 10.2. The van der Waals surface area contributed by atoms with E-state index in [1.807, 2.05) is 13.8 Å². The molecule has 1 aliphatic rings. The molecule has 1 aromatic rings. The van der Waals surface area contributed by atoms with Gasteiger partial charge < -0.3 is 10.2 Å². The quantitative estimate of drug-likeness (QED) is 0.824. The van der Waals surface area contributed by atoms with E-state index in [-0.39, 0.29) is 17.9 Å². The van der Waals surface area contributed by atoms with Gasteiger partial charge >= 0.3 is 0 Å². The van der Waals surface area contributed by atoms with Crippen molar-refractivity contribution in [1.82, 2.24) is 20.1 Å². The third kappa shape index (κ3) is 5.18. The van der Waals surface area contributed by atoms with Crippen LogP contribution in [0.1, 0.15) is 30.6 Å². The Morgan fingerprint density at radius 1 is 1.30 bits per heavy atom. The molecule has 2 heterocycles. The molecule has 0 aromatic carbocycles. The number of carbonyl (C=O) groups excluding carboxylic acids is 2. The zero-order chi connectivity index (χ0) is 16.8. The van der Waals surface area contributed by atoms with E-state index in [9.17, 15) is 9.59 Å². The van der Waals surface area contributed by atoms with Gasteiger partial charge in [-0.2, -0.15) is 0 Å². The number of amides is 2. The minimum absolute atomic E-state index is 0.0426. The van der Waals surface area contributed by atoms with Gasteiger partial charge in [0.25, 0.3) is 5.91 Å². The maximum atomic E-state index is 12.4. The molecule has 1 N–H and O–H groups in total. The smallest absolute Gasteiger partial charge is 0.255 e. The van der Waals surface area contributed by atoms with Gasteiger partial charge in [0.15, 0.2) is 0 Å². The summed E-state index contributed by atoms with van der Waals surface area (Å²) < 4.78 is 0. The van der Waals surface area contributed by atoms with E-state index in [4.69, 9.17) is 11.6 Å². The number of pyridine rings is 1. The molecule has 0 bridgehead atoms. The van der Waals surface area contributed by atoms with Crippen molar-refractivity contribution in [2.24, 2.45) is 0 Å². The second-order valence-corrected chi connectivity index (χ2v) is 6.20. The van der Waals surface area contributed by atoms with Crippen molar-refractivity contribution >= 4 is 23.4 Å². The summed E-state index contributed by atoms with van der Waals surface area (Å²) >= 11 is 5.74. The highest BCUT2D eigenvalue weighted by Crippen LogP contribution is 2.10. The van der Waals surface area contributed by atoms with E-state index >= 15 is 0 Å². The number of aromatic nitrogens is 1. The number of halogens is 1. The van der Waals surface area contributed by atoms with E-state index in [0.717, 1.165) is 6.42 Å². The van der Waals surface area contributed by atoms with Crippen LogP contribution in [0, 0.1) is 0 Å². The van der Waals surface area contributed by atoms with Crippen LogP contribution in [0.25, 0.3) is 0 Å². The summed E-state index contributed by atoms with van der Waals surface area (Å²) in [6.07, 6.45) is 2.42. The maximum absolute atomic E-state index is 12.4. The third-order valence-corrected chi connectivity index (χ3v) is 4.24. The standard InChI is InChI=1S/C16H23ClN4O2/c1-3-12(2)19-15(22)11-20-6-8-21(9-7-20)16(23)13-4-5-14(17)18-10-13/h4-5,10,12H,3,6-9,11H2,1-2H3,(H,19,22). The Kier molecular flexibility index (Phi) is 6.36. The van der Waals surface area contributed by atoms with Gasteiger partial charge in [-0.05, 0) is 25.5 Å². The van der Waals surface area contributed by atoms with Gasteiger partial charge in [0, 0.05) is 38.4 Å². The number of hydrogen-bond acceptors (Lipinski definition) is 4. The van der Waals surface area contributed by atoms with Gasteiger partial charge in [0.1, 0.15) is 5.15 Å². The Hall–Kier alpha value is -1.66. The predicted octanol–water partition coefficient (Wildman–Crippen LogP) is 1.41. The molecular weight excluding hydrogens is 316 g/mol. The molecule has 2 amide bonds. The van der Waals surface area contributed by atoms with E-state index < -0.39 is 0 Å². The normalized spacial score (nSPS) is 16.9. The van der Waals surface area contributed by atoms with Crippen molar-refractivity contribution in [3.63, 3.8) is 0 Å². The van der Waals surface area contributed by atoms with Crippen LogP contribution in [-0.4, -0.2) is 65.4 Å². The highest BCUT2D eigenvalue weighted by Gasteiger charge is 2.23. The summed E-state index contributed by atoms with van der Waals surface area (Å²) in [6.45, 7) is 7.03. The fourth-order valence-corrected chi connectivity index (χ4v) is 2.53. The van der Waals surface area contributed by atoms with Gasteiger partial charge in [-0.3, -0.25) is 14.5 Å². The van der Waals surface area contributed by atoms with E-state index in [1.54, 1.807) is 17.0 Å². The van der Waals surface area contributed by atoms with E-state index in [2.05, 4.69) is 15.2 Å².